The molecule has 31 heavy (non-hydrogen) atoms. The number of benzene rings is 1. The molecule has 1 aromatic carbocycles. The van der Waals surface area contributed by atoms with Gasteiger partial charge in [0.25, 0.3) is 0 Å². The van der Waals surface area contributed by atoms with Crippen LogP contribution in [-0.2, 0) is 25.5 Å². The molecule has 0 saturated heterocycles. The van der Waals surface area contributed by atoms with Gasteiger partial charge in [0.05, 0.1) is 30.9 Å². The fraction of sp³-hybridized carbons (Fsp3) is 0.636. The molecule has 0 aromatic heterocycles. The Bertz CT molecular complexity index is 757. The minimum atomic E-state index is -0.672. The molecule has 0 aliphatic rings. The zero-order valence-electron chi connectivity index (χ0n) is 19.4. The summed E-state index contributed by atoms with van der Waals surface area (Å²) in [5.74, 6) is 0.140. The second kappa shape index (κ2) is 11.8. The molecule has 9 heteroatoms. The largest absolute Gasteiger partial charge is 0.460 e. The van der Waals surface area contributed by atoms with Crippen LogP contribution in [0.3, 0.4) is 0 Å². The number of carbonyl (C=O) groups is 2. The molecule has 0 heterocycles. The Morgan fingerprint density at radius 1 is 1.00 bits per heavy atom. The maximum absolute atomic E-state index is 12.7. The SMILES string of the molecule is Cc1ccc(N(CCCl)OCCCl)c(CC(=O)OC(C)(C)C)c1NC(=O)OC(C)(C)C. The van der Waals surface area contributed by atoms with Crippen LogP contribution in [0.4, 0.5) is 16.2 Å². The normalized spacial score (nSPS) is 11.8. The van der Waals surface area contributed by atoms with Crippen molar-refractivity contribution in [3.05, 3.63) is 23.3 Å². The first kappa shape index (κ1) is 27.3. The number of amides is 1. The Morgan fingerprint density at radius 2 is 1.61 bits per heavy atom. The minimum absolute atomic E-state index is 0.0809. The van der Waals surface area contributed by atoms with Gasteiger partial charge in [-0.1, -0.05) is 6.07 Å². The Morgan fingerprint density at radius 3 is 2.13 bits per heavy atom. The Balaban J connectivity index is 3.44. The van der Waals surface area contributed by atoms with Gasteiger partial charge in [-0.25, -0.2) is 4.79 Å². The van der Waals surface area contributed by atoms with Crippen LogP contribution >= 0.6 is 23.2 Å². The summed E-state index contributed by atoms with van der Waals surface area (Å²) < 4.78 is 10.9. The molecule has 0 atom stereocenters. The summed E-state index contributed by atoms with van der Waals surface area (Å²) >= 11 is 11.7. The summed E-state index contributed by atoms with van der Waals surface area (Å²) in [6.07, 6.45) is -0.702. The van der Waals surface area contributed by atoms with E-state index in [2.05, 4.69) is 5.32 Å². The predicted molar refractivity (Wildman–Crippen MR) is 125 cm³/mol. The van der Waals surface area contributed by atoms with E-state index < -0.39 is 23.3 Å². The van der Waals surface area contributed by atoms with Crippen molar-refractivity contribution in [3.8, 4) is 0 Å². The molecular formula is C22H34Cl2N2O5. The minimum Gasteiger partial charge on any atom is -0.460 e. The number of ether oxygens (including phenoxy) is 2. The lowest BCUT2D eigenvalue weighted by Gasteiger charge is -2.28. The van der Waals surface area contributed by atoms with Crippen molar-refractivity contribution in [2.45, 2.75) is 66.1 Å². The van der Waals surface area contributed by atoms with E-state index in [-0.39, 0.29) is 24.8 Å². The first-order valence-electron chi connectivity index (χ1n) is 10.1. The van der Waals surface area contributed by atoms with Gasteiger partial charge in [-0.05, 0) is 60.1 Å². The van der Waals surface area contributed by atoms with E-state index in [1.807, 2.05) is 19.1 Å². The lowest BCUT2D eigenvalue weighted by molar-refractivity contribution is -0.153. The Kier molecular flexibility index (Phi) is 10.4. The summed E-state index contributed by atoms with van der Waals surface area (Å²) in [7, 11) is 0. The maximum atomic E-state index is 12.7. The highest BCUT2D eigenvalue weighted by molar-refractivity contribution is 6.18. The van der Waals surface area contributed by atoms with Crippen LogP contribution in [0.15, 0.2) is 12.1 Å². The molecule has 7 nitrogen and oxygen atoms in total. The fourth-order valence-corrected chi connectivity index (χ4v) is 2.97. The highest BCUT2D eigenvalue weighted by Crippen LogP contribution is 2.33. The number of halogens is 2. The van der Waals surface area contributed by atoms with Crippen LogP contribution in [0.1, 0.15) is 52.7 Å². The van der Waals surface area contributed by atoms with E-state index in [4.69, 9.17) is 37.5 Å². The predicted octanol–water partition coefficient (Wildman–Crippen LogP) is 5.44. The third-order valence-electron chi connectivity index (χ3n) is 3.74. The van der Waals surface area contributed by atoms with E-state index in [0.717, 1.165) is 5.56 Å². The van der Waals surface area contributed by atoms with Crippen molar-refractivity contribution in [2.75, 3.05) is 35.3 Å². The van der Waals surface area contributed by atoms with Gasteiger partial charge in [0.15, 0.2) is 0 Å². The first-order chi connectivity index (χ1) is 14.3. The van der Waals surface area contributed by atoms with Gasteiger partial charge < -0.3 is 9.47 Å². The molecule has 0 bridgehead atoms. The van der Waals surface area contributed by atoms with Crippen molar-refractivity contribution >= 4 is 46.6 Å². The number of alkyl halides is 2. The van der Waals surface area contributed by atoms with Gasteiger partial charge in [-0.15, -0.1) is 23.2 Å². The maximum Gasteiger partial charge on any atom is 0.412 e. The molecule has 0 fully saturated rings. The van der Waals surface area contributed by atoms with E-state index >= 15 is 0 Å². The summed E-state index contributed by atoms with van der Waals surface area (Å²) in [6, 6.07) is 3.64. The third-order valence-corrected chi connectivity index (χ3v) is 4.07. The summed E-state index contributed by atoms with van der Waals surface area (Å²) in [5, 5.41) is 4.36. The molecular weight excluding hydrogens is 443 g/mol. The van der Waals surface area contributed by atoms with Gasteiger partial charge in [-0.2, -0.15) is 0 Å². The highest BCUT2D eigenvalue weighted by Gasteiger charge is 2.25. The second-order valence-corrected chi connectivity index (χ2v) is 9.71. The molecule has 1 amide bonds. The quantitative estimate of drug-likeness (QED) is 0.290. The summed E-state index contributed by atoms with van der Waals surface area (Å²) in [5.41, 5.74) is 1.04. The van der Waals surface area contributed by atoms with Crippen molar-refractivity contribution in [1.82, 2.24) is 0 Å². The standard InChI is InChI=1S/C22H34Cl2N2O5/c1-15-8-9-17(26(12-10-23)29-13-11-24)16(14-18(27)30-21(2,3)4)19(15)25-20(28)31-22(5,6)7/h8-9H,10-14H2,1-7H3,(H,25,28). The average Bonchev–Trinajstić information content (AvgIpc) is 2.59. The third kappa shape index (κ3) is 9.97. The van der Waals surface area contributed by atoms with E-state index in [0.29, 0.717) is 23.5 Å². The molecule has 1 rings (SSSR count). The molecule has 0 aliphatic carbocycles. The monoisotopic (exact) mass is 476 g/mol. The van der Waals surface area contributed by atoms with Crippen molar-refractivity contribution in [1.29, 1.82) is 0 Å². The number of anilines is 2. The molecule has 0 spiro atoms. The molecule has 1 N–H and O–H groups in total. The molecule has 1 aromatic rings. The number of aryl methyl sites for hydroxylation is 1. The number of nitrogens with zero attached hydrogens (tertiary/aromatic N) is 1. The number of esters is 1. The van der Waals surface area contributed by atoms with E-state index in [1.165, 1.54) is 0 Å². The van der Waals surface area contributed by atoms with Crippen LogP contribution in [0.2, 0.25) is 0 Å². The van der Waals surface area contributed by atoms with Crippen molar-refractivity contribution in [2.24, 2.45) is 0 Å². The topological polar surface area (TPSA) is 77.1 Å². The van der Waals surface area contributed by atoms with E-state index in [1.54, 1.807) is 46.6 Å². The number of hydroxylamine groups is 1. The van der Waals surface area contributed by atoms with E-state index in [9.17, 15) is 9.59 Å². The number of hydrogen-bond acceptors (Lipinski definition) is 6. The zero-order chi connectivity index (χ0) is 23.8. The van der Waals surface area contributed by atoms with Crippen molar-refractivity contribution < 1.29 is 23.9 Å². The van der Waals surface area contributed by atoms with Crippen LogP contribution in [0.5, 0.6) is 0 Å². The van der Waals surface area contributed by atoms with Crippen LogP contribution in [-0.4, -0.2) is 48.2 Å². The molecule has 0 saturated carbocycles. The van der Waals surface area contributed by atoms with Crippen LogP contribution < -0.4 is 10.4 Å². The lowest BCUT2D eigenvalue weighted by Crippen LogP contribution is -2.31. The number of carbonyl (C=O) groups excluding carboxylic acids is 2. The number of nitrogens with one attached hydrogen (secondary N) is 1. The smallest absolute Gasteiger partial charge is 0.412 e. The Hall–Kier alpha value is -1.70. The summed E-state index contributed by atoms with van der Waals surface area (Å²) in [4.78, 5) is 30.9. The highest BCUT2D eigenvalue weighted by atomic mass is 35.5. The lowest BCUT2D eigenvalue weighted by atomic mass is 10.0. The zero-order valence-corrected chi connectivity index (χ0v) is 20.9. The molecule has 0 aliphatic heterocycles. The van der Waals surface area contributed by atoms with Crippen LogP contribution in [0.25, 0.3) is 0 Å². The van der Waals surface area contributed by atoms with Crippen LogP contribution in [0, 0.1) is 6.92 Å². The first-order valence-corrected chi connectivity index (χ1v) is 11.2. The molecule has 0 radical (unpaired) electrons. The Labute approximate surface area is 195 Å². The molecule has 176 valence electrons. The summed E-state index contributed by atoms with van der Waals surface area (Å²) in [6.45, 7) is 13.2. The van der Waals surface area contributed by atoms with Gasteiger partial charge in [0.2, 0.25) is 0 Å². The van der Waals surface area contributed by atoms with Gasteiger partial charge in [0, 0.05) is 17.3 Å². The van der Waals surface area contributed by atoms with Gasteiger partial charge in [0.1, 0.15) is 11.2 Å². The molecule has 0 unspecified atom stereocenters. The second-order valence-electron chi connectivity index (χ2n) is 8.96. The number of hydrogen-bond donors (Lipinski definition) is 1. The fourth-order valence-electron chi connectivity index (χ4n) is 2.74. The van der Waals surface area contributed by atoms with Crippen molar-refractivity contribution in [3.63, 3.8) is 0 Å². The number of rotatable bonds is 9. The van der Waals surface area contributed by atoms with Gasteiger partial charge in [-0.3, -0.25) is 20.0 Å². The van der Waals surface area contributed by atoms with Gasteiger partial charge >= 0.3 is 12.1 Å². The average molecular weight is 477 g/mol.